The molecule has 4 rings (SSSR count). The lowest BCUT2D eigenvalue weighted by Crippen LogP contribution is -2.33. The number of hydrogen-bond donors (Lipinski definition) is 0. The number of amides is 1. The summed E-state index contributed by atoms with van der Waals surface area (Å²) < 4.78 is 21.0. The van der Waals surface area contributed by atoms with Gasteiger partial charge in [0.2, 0.25) is 0 Å². The van der Waals surface area contributed by atoms with Gasteiger partial charge >= 0.3 is 0 Å². The van der Waals surface area contributed by atoms with Gasteiger partial charge in [-0.2, -0.15) is 5.10 Å². The van der Waals surface area contributed by atoms with E-state index >= 15 is 0 Å². The molecule has 0 bridgehead atoms. The molecule has 33 heavy (non-hydrogen) atoms. The maximum absolute atomic E-state index is 14.0. The van der Waals surface area contributed by atoms with E-state index in [1.165, 1.54) is 12.1 Å². The lowest BCUT2D eigenvalue weighted by Gasteiger charge is -2.28. The minimum atomic E-state index is -0.286. The first kappa shape index (κ1) is 23.0. The third kappa shape index (κ3) is 4.93. The van der Waals surface area contributed by atoms with E-state index in [0.29, 0.717) is 30.1 Å². The molecule has 0 aliphatic carbocycles. The van der Waals surface area contributed by atoms with Gasteiger partial charge in [0.15, 0.2) is 0 Å². The number of ether oxygens (including phenoxy) is 1. The zero-order valence-corrected chi connectivity index (χ0v) is 19.6. The molecule has 2 heterocycles. The molecule has 7 heteroatoms. The average Bonchev–Trinajstić information content (AvgIpc) is 3.20. The fourth-order valence-corrected chi connectivity index (χ4v) is 4.42. The second-order valence-electron chi connectivity index (χ2n) is 8.34. The Hall–Kier alpha value is -3.19. The molecule has 0 N–H and O–H groups in total. The Balaban J connectivity index is 1.67. The number of rotatable bonds is 8. The maximum atomic E-state index is 14.0. The van der Waals surface area contributed by atoms with Crippen molar-refractivity contribution in [2.24, 2.45) is 0 Å². The number of methoxy groups -OCH3 is 1. The van der Waals surface area contributed by atoms with E-state index in [1.807, 2.05) is 17.7 Å². The normalized spacial score (nSPS) is 13.6. The molecule has 1 aliphatic rings. The summed E-state index contributed by atoms with van der Waals surface area (Å²) >= 11 is 0. The average molecular weight is 451 g/mol. The smallest absolute Gasteiger partial charge is 0.254 e. The van der Waals surface area contributed by atoms with Crippen molar-refractivity contribution in [1.82, 2.24) is 19.6 Å². The first-order chi connectivity index (χ1) is 16.0. The van der Waals surface area contributed by atoms with Crippen LogP contribution in [0.5, 0.6) is 5.75 Å². The summed E-state index contributed by atoms with van der Waals surface area (Å²) in [4.78, 5) is 17.5. The number of hydrogen-bond acceptors (Lipinski definition) is 4. The van der Waals surface area contributed by atoms with E-state index in [0.717, 1.165) is 49.4 Å². The molecule has 1 amide bonds. The topological polar surface area (TPSA) is 50.6 Å². The predicted molar refractivity (Wildman–Crippen MR) is 126 cm³/mol. The summed E-state index contributed by atoms with van der Waals surface area (Å²) in [6, 6.07) is 13.7. The number of aromatic nitrogens is 2. The minimum Gasteiger partial charge on any atom is -0.497 e. The standard InChI is InChI=1S/C26H31FN4O2/c1-4-14-29-15-13-25-23(17-29)24(28-31(25)21-8-6-7-20(27)16-21)18-30(5-2)26(32)19-9-11-22(33-3)12-10-19/h6-12,16H,4-5,13-15,17-18H2,1-3H3. The van der Waals surface area contributed by atoms with Crippen molar-refractivity contribution in [1.29, 1.82) is 0 Å². The van der Waals surface area contributed by atoms with Crippen molar-refractivity contribution in [2.45, 2.75) is 39.8 Å². The lowest BCUT2D eigenvalue weighted by molar-refractivity contribution is 0.0749. The molecule has 0 unspecified atom stereocenters. The highest BCUT2D eigenvalue weighted by molar-refractivity contribution is 5.94. The molecular formula is C26H31FN4O2. The maximum Gasteiger partial charge on any atom is 0.254 e. The van der Waals surface area contributed by atoms with E-state index in [9.17, 15) is 9.18 Å². The number of fused-ring (bicyclic) bond motifs is 1. The summed E-state index contributed by atoms with van der Waals surface area (Å²) in [6.45, 7) is 7.88. The predicted octanol–water partition coefficient (Wildman–Crippen LogP) is 4.45. The second kappa shape index (κ2) is 10.2. The van der Waals surface area contributed by atoms with Gasteiger partial charge in [-0.25, -0.2) is 9.07 Å². The molecule has 0 saturated carbocycles. The molecule has 1 aromatic heterocycles. The molecule has 2 aromatic carbocycles. The Morgan fingerprint density at radius 2 is 1.97 bits per heavy atom. The Morgan fingerprint density at radius 3 is 2.64 bits per heavy atom. The molecular weight excluding hydrogens is 419 g/mol. The zero-order chi connectivity index (χ0) is 23.4. The quantitative estimate of drug-likeness (QED) is 0.509. The van der Waals surface area contributed by atoms with Crippen molar-refractivity contribution in [2.75, 3.05) is 26.7 Å². The molecule has 0 radical (unpaired) electrons. The fraction of sp³-hybridized carbons (Fsp3) is 0.385. The van der Waals surface area contributed by atoms with Crippen LogP contribution in [0.15, 0.2) is 48.5 Å². The summed E-state index contributed by atoms with van der Waals surface area (Å²) in [5.74, 6) is 0.385. The third-order valence-corrected chi connectivity index (χ3v) is 6.16. The van der Waals surface area contributed by atoms with Gasteiger partial charge in [-0.15, -0.1) is 0 Å². The van der Waals surface area contributed by atoms with Crippen molar-refractivity contribution in [3.05, 3.63) is 76.9 Å². The van der Waals surface area contributed by atoms with Crippen LogP contribution in [0.1, 0.15) is 47.6 Å². The van der Waals surface area contributed by atoms with Crippen LogP contribution in [-0.4, -0.2) is 52.2 Å². The molecule has 174 valence electrons. The highest BCUT2D eigenvalue weighted by Crippen LogP contribution is 2.27. The van der Waals surface area contributed by atoms with Crippen LogP contribution in [-0.2, 0) is 19.5 Å². The van der Waals surface area contributed by atoms with Crippen LogP contribution in [0, 0.1) is 5.82 Å². The largest absolute Gasteiger partial charge is 0.497 e. The van der Waals surface area contributed by atoms with Gasteiger partial charge in [-0.05, 0) is 62.4 Å². The van der Waals surface area contributed by atoms with Gasteiger partial charge < -0.3 is 9.64 Å². The van der Waals surface area contributed by atoms with Crippen LogP contribution < -0.4 is 4.74 Å². The van der Waals surface area contributed by atoms with E-state index in [1.54, 1.807) is 42.3 Å². The summed E-state index contributed by atoms with van der Waals surface area (Å²) in [6.07, 6.45) is 1.93. The first-order valence-corrected chi connectivity index (χ1v) is 11.5. The van der Waals surface area contributed by atoms with Gasteiger partial charge in [0, 0.05) is 37.2 Å². The Labute approximate surface area is 194 Å². The number of benzene rings is 2. The van der Waals surface area contributed by atoms with Crippen LogP contribution in [0.4, 0.5) is 4.39 Å². The van der Waals surface area contributed by atoms with Gasteiger partial charge in [0.1, 0.15) is 11.6 Å². The molecule has 0 fully saturated rings. The third-order valence-electron chi connectivity index (χ3n) is 6.16. The molecule has 0 spiro atoms. The highest BCUT2D eigenvalue weighted by atomic mass is 19.1. The fourth-order valence-electron chi connectivity index (χ4n) is 4.42. The lowest BCUT2D eigenvalue weighted by atomic mass is 10.0. The Bertz CT molecular complexity index is 1110. The Kier molecular flexibility index (Phi) is 7.08. The number of carbonyl (C=O) groups is 1. The number of halogens is 1. The van der Waals surface area contributed by atoms with E-state index < -0.39 is 0 Å². The van der Waals surface area contributed by atoms with Crippen molar-refractivity contribution in [3.63, 3.8) is 0 Å². The van der Waals surface area contributed by atoms with Crippen LogP contribution in [0.3, 0.4) is 0 Å². The molecule has 0 saturated heterocycles. The second-order valence-corrected chi connectivity index (χ2v) is 8.34. The number of carbonyl (C=O) groups excluding carboxylic acids is 1. The zero-order valence-electron chi connectivity index (χ0n) is 19.6. The molecule has 3 aromatic rings. The van der Waals surface area contributed by atoms with E-state index in [4.69, 9.17) is 9.84 Å². The van der Waals surface area contributed by atoms with Crippen molar-refractivity contribution < 1.29 is 13.9 Å². The number of nitrogens with zero attached hydrogens (tertiary/aromatic N) is 4. The van der Waals surface area contributed by atoms with Crippen LogP contribution >= 0.6 is 0 Å². The van der Waals surface area contributed by atoms with E-state index in [-0.39, 0.29) is 11.7 Å². The first-order valence-electron chi connectivity index (χ1n) is 11.5. The SMILES string of the molecule is CCCN1CCc2c(c(CN(CC)C(=O)c3ccc(OC)cc3)nn2-c2cccc(F)c2)C1. The van der Waals surface area contributed by atoms with Crippen molar-refractivity contribution in [3.8, 4) is 11.4 Å². The summed E-state index contributed by atoms with van der Waals surface area (Å²) in [5, 5.41) is 4.90. The monoisotopic (exact) mass is 450 g/mol. The molecule has 6 nitrogen and oxygen atoms in total. The van der Waals surface area contributed by atoms with Crippen LogP contribution in [0.25, 0.3) is 5.69 Å². The summed E-state index contributed by atoms with van der Waals surface area (Å²) in [5.41, 5.74) is 4.46. The van der Waals surface area contributed by atoms with Crippen molar-refractivity contribution >= 4 is 5.91 Å². The molecule has 0 atom stereocenters. The van der Waals surface area contributed by atoms with E-state index in [2.05, 4.69) is 11.8 Å². The molecule has 1 aliphatic heterocycles. The van der Waals surface area contributed by atoms with Crippen LogP contribution in [0.2, 0.25) is 0 Å². The highest BCUT2D eigenvalue weighted by Gasteiger charge is 2.27. The Morgan fingerprint density at radius 1 is 1.18 bits per heavy atom. The summed E-state index contributed by atoms with van der Waals surface area (Å²) in [7, 11) is 1.61. The van der Waals surface area contributed by atoms with Gasteiger partial charge in [-0.3, -0.25) is 9.69 Å². The van der Waals surface area contributed by atoms with Gasteiger partial charge in [-0.1, -0.05) is 13.0 Å². The minimum absolute atomic E-state index is 0.0459. The van der Waals surface area contributed by atoms with Gasteiger partial charge in [0.25, 0.3) is 5.91 Å². The van der Waals surface area contributed by atoms with Gasteiger partial charge in [0.05, 0.1) is 30.7 Å².